The molecule has 1 spiro atoms. The average Bonchev–Trinajstić information content (AvgIpc) is 2.36. The first kappa shape index (κ1) is 12.4. The largest absolute Gasteiger partial charge is 0.362 e. The average molecular weight is 266 g/mol. The molecule has 0 atom stereocenters. The number of fused-ring (bicyclic) bond motifs is 1. The van der Waals surface area contributed by atoms with Crippen molar-refractivity contribution in [1.29, 1.82) is 0 Å². The van der Waals surface area contributed by atoms with Gasteiger partial charge >= 0.3 is 0 Å². The number of rotatable bonds is 0. The topological polar surface area (TPSA) is 41.1 Å². The molecule has 2 N–H and O–H groups in total. The molecule has 2 aliphatic rings. The van der Waals surface area contributed by atoms with Gasteiger partial charge in [0, 0.05) is 6.07 Å². The highest BCUT2D eigenvalue weighted by Crippen LogP contribution is 2.37. The molecule has 0 aromatic heterocycles. The summed E-state index contributed by atoms with van der Waals surface area (Å²) in [6.07, 6.45) is 3.62. The van der Waals surface area contributed by atoms with Gasteiger partial charge in [-0.1, -0.05) is 6.92 Å². The summed E-state index contributed by atoms with van der Waals surface area (Å²) in [6, 6.07) is 2.02. The van der Waals surface area contributed by atoms with Gasteiger partial charge in [0.15, 0.2) is 11.6 Å². The first-order valence-electron chi connectivity index (χ1n) is 6.59. The third kappa shape index (κ3) is 2.07. The molecule has 1 saturated carbocycles. The van der Waals surface area contributed by atoms with Crippen LogP contribution < -0.4 is 10.6 Å². The number of carbonyl (C=O) groups excluding carboxylic acids is 1. The summed E-state index contributed by atoms with van der Waals surface area (Å²) >= 11 is 0. The Kier molecular flexibility index (Phi) is 2.73. The molecule has 1 heterocycles. The molecule has 1 aliphatic heterocycles. The second-order valence-corrected chi connectivity index (χ2v) is 5.66. The number of nitrogens with one attached hydrogen (secondary N) is 2. The zero-order valence-electron chi connectivity index (χ0n) is 10.7. The molecule has 3 rings (SSSR count). The lowest BCUT2D eigenvalue weighted by Gasteiger charge is -2.44. The van der Waals surface area contributed by atoms with Crippen molar-refractivity contribution in [3.05, 3.63) is 29.3 Å². The van der Waals surface area contributed by atoms with Crippen LogP contribution in [0.3, 0.4) is 0 Å². The number of hydrogen-bond acceptors (Lipinski definition) is 2. The molecule has 1 fully saturated rings. The molecule has 5 heteroatoms. The second-order valence-electron chi connectivity index (χ2n) is 5.66. The summed E-state index contributed by atoms with van der Waals surface area (Å²) in [6.45, 7) is 2.18. The predicted octanol–water partition coefficient (Wildman–Crippen LogP) is 3.03. The molecular formula is C14H16F2N2O. The van der Waals surface area contributed by atoms with E-state index in [0.29, 0.717) is 11.6 Å². The zero-order chi connectivity index (χ0) is 13.6. The van der Waals surface area contributed by atoms with Gasteiger partial charge in [0.2, 0.25) is 0 Å². The normalized spacial score (nSPS) is 29.6. The second kappa shape index (κ2) is 4.18. The van der Waals surface area contributed by atoms with Crippen molar-refractivity contribution in [2.45, 2.75) is 38.3 Å². The minimum atomic E-state index is -0.996. The number of amides is 1. The summed E-state index contributed by atoms with van der Waals surface area (Å²) in [5.74, 6) is -1.62. The molecule has 19 heavy (non-hydrogen) atoms. The van der Waals surface area contributed by atoms with Crippen LogP contribution in [0.4, 0.5) is 14.5 Å². The first-order chi connectivity index (χ1) is 8.99. The fourth-order valence-corrected chi connectivity index (χ4v) is 2.92. The minimum absolute atomic E-state index is 0.170. The van der Waals surface area contributed by atoms with Crippen molar-refractivity contribution in [2.24, 2.45) is 5.92 Å². The molecule has 0 radical (unpaired) electrons. The Balaban J connectivity index is 1.95. The van der Waals surface area contributed by atoms with E-state index in [4.69, 9.17) is 0 Å². The third-order valence-electron chi connectivity index (χ3n) is 4.16. The maximum absolute atomic E-state index is 13.3. The molecule has 1 amide bonds. The van der Waals surface area contributed by atoms with Gasteiger partial charge in [0.25, 0.3) is 5.91 Å². The molecular weight excluding hydrogens is 250 g/mol. The SMILES string of the molecule is CC1CCC2(CC1)NC(=O)c1cc(F)c(F)cc1N2. The number of halogens is 2. The van der Waals surface area contributed by atoms with Gasteiger partial charge in [-0.15, -0.1) is 0 Å². The summed E-state index contributed by atoms with van der Waals surface area (Å²) in [5.41, 5.74) is 0.0567. The van der Waals surface area contributed by atoms with Gasteiger partial charge in [-0.25, -0.2) is 8.78 Å². The highest BCUT2D eigenvalue weighted by Gasteiger charge is 2.40. The Hall–Kier alpha value is -1.65. The highest BCUT2D eigenvalue weighted by atomic mass is 19.2. The fourth-order valence-electron chi connectivity index (χ4n) is 2.92. The lowest BCUT2D eigenvalue weighted by atomic mass is 9.81. The van der Waals surface area contributed by atoms with E-state index >= 15 is 0 Å². The maximum Gasteiger partial charge on any atom is 0.255 e. The van der Waals surface area contributed by atoms with Crippen LogP contribution in [-0.4, -0.2) is 11.6 Å². The van der Waals surface area contributed by atoms with E-state index in [1.807, 2.05) is 0 Å². The van der Waals surface area contributed by atoms with Crippen LogP contribution >= 0.6 is 0 Å². The van der Waals surface area contributed by atoms with Crippen molar-refractivity contribution in [1.82, 2.24) is 5.32 Å². The third-order valence-corrected chi connectivity index (χ3v) is 4.16. The molecule has 102 valence electrons. The summed E-state index contributed by atoms with van der Waals surface area (Å²) in [5, 5.41) is 6.11. The zero-order valence-corrected chi connectivity index (χ0v) is 10.7. The Morgan fingerprint density at radius 2 is 1.79 bits per heavy atom. The van der Waals surface area contributed by atoms with Crippen LogP contribution in [0.2, 0.25) is 0 Å². The van der Waals surface area contributed by atoms with Gasteiger partial charge in [0.1, 0.15) is 5.66 Å². The number of hydrogen-bond donors (Lipinski definition) is 2. The van der Waals surface area contributed by atoms with E-state index in [-0.39, 0.29) is 11.5 Å². The Labute approximate surface area is 110 Å². The standard InChI is InChI=1S/C14H16F2N2O/c1-8-2-4-14(5-3-8)17-12-7-11(16)10(15)6-9(12)13(19)18-14/h6-8,17H,2-5H2,1H3,(H,18,19). The van der Waals surface area contributed by atoms with Gasteiger partial charge in [-0.2, -0.15) is 0 Å². The summed E-state index contributed by atoms with van der Waals surface area (Å²) < 4.78 is 26.5. The summed E-state index contributed by atoms with van der Waals surface area (Å²) in [4.78, 5) is 12.1. The van der Waals surface area contributed by atoms with Gasteiger partial charge in [0.05, 0.1) is 11.3 Å². The van der Waals surface area contributed by atoms with Gasteiger partial charge < -0.3 is 10.6 Å². The molecule has 1 aliphatic carbocycles. The maximum atomic E-state index is 13.3. The van der Waals surface area contributed by atoms with Crippen molar-refractivity contribution in [3.63, 3.8) is 0 Å². The smallest absolute Gasteiger partial charge is 0.255 e. The van der Waals surface area contributed by atoms with Crippen molar-refractivity contribution < 1.29 is 13.6 Å². The predicted molar refractivity (Wildman–Crippen MR) is 67.8 cm³/mol. The van der Waals surface area contributed by atoms with Crippen LogP contribution in [0.5, 0.6) is 0 Å². The Morgan fingerprint density at radius 3 is 2.47 bits per heavy atom. The van der Waals surface area contributed by atoms with E-state index in [1.54, 1.807) is 0 Å². The lowest BCUT2D eigenvalue weighted by Crippen LogP contribution is -2.59. The quantitative estimate of drug-likeness (QED) is 0.758. The van der Waals surface area contributed by atoms with Crippen LogP contribution in [0.15, 0.2) is 12.1 Å². The molecule has 0 saturated heterocycles. The van der Waals surface area contributed by atoms with Crippen LogP contribution in [0.1, 0.15) is 43.0 Å². The van der Waals surface area contributed by atoms with E-state index < -0.39 is 17.3 Å². The van der Waals surface area contributed by atoms with Crippen LogP contribution in [0, 0.1) is 17.6 Å². The monoisotopic (exact) mass is 266 g/mol. The van der Waals surface area contributed by atoms with E-state index in [2.05, 4.69) is 17.6 Å². The first-order valence-corrected chi connectivity index (χ1v) is 6.59. The molecule has 0 bridgehead atoms. The van der Waals surface area contributed by atoms with E-state index in [1.165, 1.54) is 0 Å². The fraction of sp³-hybridized carbons (Fsp3) is 0.500. The Morgan fingerprint density at radius 1 is 1.16 bits per heavy atom. The van der Waals surface area contributed by atoms with E-state index in [0.717, 1.165) is 37.8 Å². The molecule has 3 nitrogen and oxygen atoms in total. The van der Waals surface area contributed by atoms with Crippen molar-refractivity contribution in [3.8, 4) is 0 Å². The van der Waals surface area contributed by atoms with Gasteiger partial charge in [-0.3, -0.25) is 4.79 Å². The van der Waals surface area contributed by atoms with Crippen molar-refractivity contribution >= 4 is 11.6 Å². The summed E-state index contributed by atoms with van der Waals surface area (Å²) in [7, 11) is 0. The minimum Gasteiger partial charge on any atom is -0.362 e. The Bertz CT molecular complexity index is 536. The van der Waals surface area contributed by atoms with Crippen molar-refractivity contribution in [2.75, 3.05) is 5.32 Å². The van der Waals surface area contributed by atoms with Crippen LogP contribution in [-0.2, 0) is 0 Å². The van der Waals surface area contributed by atoms with Crippen LogP contribution in [0.25, 0.3) is 0 Å². The molecule has 0 unspecified atom stereocenters. The number of benzene rings is 1. The highest BCUT2D eigenvalue weighted by molar-refractivity contribution is 6.02. The molecule has 1 aromatic carbocycles. The van der Waals surface area contributed by atoms with E-state index in [9.17, 15) is 13.6 Å². The number of anilines is 1. The molecule has 1 aromatic rings. The lowest BCUT2D eigenvalue weighted by molar-refractivity contribution is 0.0862. The number of carbonyl (C=O) groups is 1. The van der Waals surface area contributed by atoms with Gasteiger partial charge in [-0.05, 0) is 37.7 Å².